The van der Waals surface area contributed by atoms with Gasteiger partial charge in [0.05, 0.1) is 30.7 Å². The first-order valence-corrected chi connectivity index (χ1v) is 11.1. The van der Waals surface area contributed by atoms with Crippen molar-refractivity contribution < 1.29 is 17.9 Å². The molecule has 6 nitrogen and oxygen atoms in total. The summed E-state index contributed by atoms with van der Waals surface area (Å²) in [4.78, 5) is 16.7. The van der Waals surface area contributed by atoms with Gasteiger partial charge in [-0.1, -0.05) is 18.2 Å². The third kappa shape index (κ3) is 3.35. The quantitative estimate of drug-likeness (QED) is 0.740. The summed E-state index contributed by atoms with van der Waals surface area (Å²) in [5.74, 6) is 0.727. The maximum atomic E-state index is 13.3. The van der Waals surface area contributed by atoms with Crippen molar-refractivity contribution in [2.24, 2.45) is 0 Å². The number of fused-ring (bicyclic) bond motifs is 1. The van der Waals surface area contributed by atoms with E-state index in [1.807, 2.05) is 56.3 Å². The Bertz CT molecular complexity index is 1010. The number of anilines is 1. The molecule has 148 valence electrons. The molecule has 2 aliphatic heterocycles. The lowest BCUT2D eigenvalue weighted by Crippen LogP contribution is -2.37. The highest BCUT2D eigenvalue weighted by Gasteiger charge is 2.53. The second-order valence-corrected chi connectivity index (χ2v) is 9.84. The van der Waals surface area contributed by atoms with Gasteiger partial charge in [0.15, 0.2) is 9.84 Å². The molecule has 0 N–H and O–H groups in total. The summed E-state index contributed by atoms with van der Waals surface area (Å²) in [6.45, 7) is 4.32. The predicted octanol–water partition coefficient (Wildman–Crippen LogP) is 2.92. The van der Waals surface area contributed by atoms with Crippen molar-refractivity contribution in [2.45, 2.75) is 32.5 Å². The Kier molecular flexibility index (Phi) is 4.57. The van der Waals surface area contributed by atoms with Crippen molar-refractivity contribution in [3.63, 3.8) is 0 Å². The average Bonchev–Trinajstić information content (AvgIpc) is 3.05. The number of carbonyl (C=O) groups is 1. The van der Waals surface area contributed by atoms with E-state index in [4.69, 9.17) is 4.74 Å². The maximum Gasteiger partial charge on any atom is 0.325 e. The van der Waals surface area contributed by atoms with E-state index in [0.717, 1.165) is 22.4 Å². The highest BCUT2D eigenvalue weighted by atomic mass is 32.2. The first-order chi connectivity index (χ1) is 13.3. The molecule has 0 saturated carbocycles. The van der Waals surface area contributed by atoms with Crippen molar-refractivity contribution in [2.75, 3.05) is 23.5 Å². The fourth-order valence-corrected chi connectivity index (χ4v) is 6.27. The van der Waals surface area contributed by atoms with Gasteiger partial charge in [0.25, 0.3) is 0 Å². The molecule has 0 radical (unpaired) electrons. The summed E-state index contributed by atoms with van der Waals surface area (Å²) in [6.07, 6.45) is 0. The second-order valence-electron chi connectivity index (χ2n) is 7.69. The molecular weight excluding hydrogens is 376 g/mol. The number of amides is 2. The van der Waals surface area contributed by atoms with Crippen LogP contribution in [0.2, 0.25) is 0 Å². The number of carbonyl (C=O) groups excluding carboxylic acids is 1. The van der Waals surface area contributed by atoms with Crippen LogP contribution >= 0.6 is 0 Å². The van der Waals surface area contributed by atoms with Crippen LogP contribution < -0.4 is 9.64 Å². The number of nitrogens with zero attached hydrogens (tertiary/aromatic N) is 2. The molecule has 4 rings (SSSR count). The number of rotatable bonds is 4. The molecule has 0 spiro atoms. The molecule has 2 aromatic carbocycles. The van der Waals surface area contributed by atoms with Gasteiger partial charge in [-0.25, -0.2) is 13.2 Å². The molecule has 7 heteroatoms. The molecule has 2 amide bonds. The minimum Gasteiger partial charge on any atom is -0.497 e. The van der Waals surface area contributed by atoms with Crippen LogP contribution in [0.4, 0.5) is 10.5 Å². The fraction of sp³-hybridized carbons (Fsp3) is 0.381. The van der Waals surface area contributed by atoms with E-state index >= 15 is 0 Å². The van der Waals surface area contributed by atoms with Gasteiger partial charge in [0.1, 0.15) is 5.75 Å². The number of ether oxygens (including phenoxy) is 1. The molecule has 2 atom stereocenters. The van der Waals surface area contributed by atoms with Crippen molar-refractivity contribution in [1.82, 2.24) is 4.90 Å². The highest BCUT2D eigenvalue weighted by molar-refractivity contribution is 7.91. The molecule has 2 saturated heterocycles. The third-order valence-corrected chi connectivity index (χ3v) is 7.15. The molecule has 0 aromatic heterocycles. The second kappa shape index (κ2) is 6.81. The summed E-state index contributed by atoms with van der Waals surface area (Å²) in [5.41, 5.74) is 3.78. The summed E-state index contributed by atoms with van der Waals surface area (Å²) >= 11 is 0. The van der Waals surface area contributed by atoms with E-state index in [-0.39, 0.29) is 29.6 Å². The molecule has 2 fully saturated rings. The number of aryl methyl sites for hydroxylation is 2. The van der Waals surface area contributed by atoms with E-state index < -0.39 is 9.84 Å². The molecule has 2 aliphatic rings. The molecule has 28 heavy (non-hydrogen) atoms. The van der Waals surface area contributed by atoms with Crippen molar-refractivity contribution in [1.29, 1.82) is 0 Å². The number of methoxy groups -OCH3 is 1. The van der Waals surface area contributed by atoms with Gasteiger partial charge in [0.2, 0.25) is 0 Å². The molecular formula is C21H24N2O4S. The summed E-state index contributed by atoms with van der Waals surface area (Å²) in [5, 5.41) is 0. The normalized spacial score (nSPS) is 23.2. The van der Waals surface area contributed by atoms with E-state index in [2.05, 4.69) is 0 Å². The van der Waals surface area contributed by atoms with E-state index in [0.29, 0.717) is 12.3 Å². The standard InChI is InChI=1S/C21H24N2O4S/c1-14-7-15(2)9-17(8-14)23-20-13-28(25,26)12-19(20)22(21(23)24)11-16-5-4-6-18(10-16)27-3/h4-10,19-20H,11-13H2,1-3H3. The smallest absolute Gasteiger partial charge is 0.325 e. The van der Waals surface area contributed by atoms with Crippen LogP contribution in [0.25, 0.3) is 0 Å². The lowest BCUT2D eigenvalue weighted by Gasteiger charge is -2.23. The van der Waals surface area contributed by atoms with Crippen LogP contribution in [0.1, 0.15) is 16.7 Å². The Morgan fingerprint density at radius 2 is 1.71 bits per heavy atom. The molecule has 2 heterocycles. The Labute approximate surface area is 165 Å². The Hall–Kier alpha value is -2.54. The monoisotopic (exact) mass is 400 g/mol. The third-order valence-electron chi connectivity index (χ3n) is 5.45. The number of hydrogen-bond donors (Lipinski definition) is 0. The predicted molar refractivity (Wildman–Crippen MR) is 109 cm³/mol. The molecule has 2 unspecified atom stereocenters. The van der Waals surface area contributed by atoms with Gasteiger partial charge in [0, 0.05) is 12.2 Å². The number of urea groups is 1. The molecule has 0 bridgehead atoms. The minimum atomic E-state index is -3.19. The largest absolute Gasteiger partial charge is 0.497 e. The fourth-order valence-electron chi connectivity index (χ4n) is 4.32. The number of hydrogen-bond acceptors (Lipinski definition) is 4. The van der Waals surface area contributed by atoms with Gasteiger partial charge in [-0.2, -0.15) is 0 Å². The van der Waals surface area contributed by atoms with Gasteiger partial charge >= 0.3 is 6.03 Å². The SMILES string of the molecule is COc1cccc(CN2C(=O)N(c3cc(C)cc(C)c3)C3CS(=O)(=O)CC32)c1. The lowest BCUT2D eigenvalue weighted by molar-refractivity contribution is 0.206. The maximum absolute atomic E-state index is 13.3. The van der Waals surface area contributed by atoms with Gasteiger partial charge in [-0.15, -0.1) is 0 Å². The van der Waals surface area contributed by atoms with Gasteiger partial charge in [-0.05, 0) is 54.8 Å². The topological polar surface area (TPSA) is 66.9 Å². The van der Waals surface area contributed by atoms with E-state index in [1.165, 1.54) is 0 Å². The van der Waals surface area contributed by atoms with Crippen LogP contribution in [0.3, 0.4) is 0 Å². The van der Waals surface area contributed by atoms with Crippen molar-refractivity contribution >= 4 is 21.6 Å². The zero-order valence-electron chi connectivity index (χ0n) is 16.3. The van der Waals surface area contributed by atoms with Gasteiger partial charge < -0.3 is 9.64 Å². The average molecular weight is 401 g/mol. The Balaban J connectivity index is 1.72. The zero-order valence-corrected chi connectivity index (χ0v) is 17.1. The van der Waals surface area contributed by atoms with E-state index in [9.17, 15) is 13.2 Å². The zero-order chi connectivity index (χ0) is 20.1. The van der Waals surface area contributed by atoms with Crippen LogP contribution in [0.15, 0.2) is 42.5 Å². The lowest BCUT2D eigenvalue weighted by atomic mass is 10.1. The Morgan fingerprint density at radius 1 is 1.04 bits per heavy atom. The van der Waals surface area contributed by atoms with E-state index in [1.54, 1.807) is 16.9 Å². The Morgan fingerprint density at radius 3 is 2.39 bits per heavy atom. The van der Waals surface area contributed by atoms with Gasteiger partial charge in [-0.3, -0.25) is 4.90 Å². The van der Waals surface area contributed by atoms with Crippen LogP contribution in [0, 0.1) is 13.8 Å². The van der Waals surface area contributed by atoms with Crippen LogP contribution in [-0.2, 0) is 16.4 Å². The highest BCUT2D eigenvalue weighted by Crippen LogP contribution is 2.36. The first kappa shape index (κ1) is 18.8. The minimum absolute atomic E-state index is 0.00497. The van der Waals surface area contributed by atoms with Crippen LogP contribution in [0.5, 0.6) is 5.75 Å². The number of sulfone groups is 1. The molecule has 0 aliphatic carbocycles. The summed E-state index contributed by atoms with van der Waals surface area (Å²) in [7, 11) is -1.59. The van der Waals surface area contributed by atoms with Crippen molar-refractivity contribution in [3.05, 3.63) is 59.2 Å². The summed E-state index contributed by atoms with van der Waals surface area (Å²) < 4.78 is 30.0. The van der Waals surface area contributed by atoms with Crippen LogP contribution in [-0.4, -0.2) is 50.0 Å². The summed E-state index contributed by atoms with van der Waals surface area (Å²) in [6, 6.07) is 12.6. The number of benzene rings is 2. The molecule has 2 aromatic rings. The first-order valence-electron chi connectivity index (χ1n) is 9.29. The van der Waals surface area contributed by atoms with Crippen molar-refractivity contribution in [3.8, 4) is 5.75 Å².